The highest BCUT2D eigenvalue weighted by atomic mass is 16.1. The first-order valence-corrected chi connectivity index (χ1v) is 6.55. The van der Waals surface area contributed by atoms with Crippen molar-refractivity contribution in [2.24, 2.45) is 29.6 Å². The number of carbonyl (C=O) groups is 1. The molecule has 0 saturated heterocycles. The Morgan fingerprint density at radius 1 is 1.27 bits per heavy atom. The van der Waals surface area contributed by atoms with Crippen molar-refractivity contribution in [3.8, 4) is 0 Å². The summed E-state index contributed by atoms with van der Waals surface area (Å²) < 4.78 is 0. The first-order chi connectivity index (χ1) is 7.02. The molecule has 0 aliphatic heterocycles. The highest BCUT2D eigenvalue weighted by Gasteiger charge is 2.40. The van der Waals surface area contributed by atoms with E-state index in [1.54, 1.807) is 0 Å². The first kappa shape index (κ1) is 12.7. The van der Waals surface area contributed by atoms with Gasteiger partial charge in [0.05, 0.1) is 0 Å². The molecule has 15 heavy (non-hydrogen) atoms. The fourth-order valence-corrected chi connectivity index (χ4v) is 3.67. The van der Waals surface area contributed by atoms with E-state index in [0.717, 1.165) is 12.3 Å². The van der Waals surface area contributed by atoms with Crippen LogP contribution in [0.15, 0.2) is 0 Å². The maximum Gasteiger partial charge on any atom is 0.136 e. The van der Waals surface area contributed by atoms with E-state index in [0.29, 0.717) is 29.5 Å². The fourth-order valence-electron chi connectivity index (χ4n) is 3.67. The number of carbonyl (C=O) groups excluding carboxylic acids is 1. The number of Topliss-reactive ketones (excluding diaryl/α,β-unsaturated/α-hetero) is 1. The van der Waals surface area contributed by atoms with E-state index in [4.69, 9.17) is 0 Å². The zero-order chi connectivity index (χ0) is 11.6. The summed E-state index contributed by atoms with van der Waals surface area (Å²) >= 11 is 0. The smallest absolute Gasteiger partial charge is 0.136 e. The highest BCUT2D eigenvalue weighted by molar-refractivity contribution is 5.82. The van der Waals surface area contributed by atoms with Crippen LogP contribution < -0.4 is 0 Å². The average molecular weight is 210 g/mol. The third kappa shape index (κ3) is 2.43. The Hall–Kier alpha value is -0.330. The largest absolute Gasteiger partial charge is 0.299 e. The van der Waals surface area contributed by atoms with E-state index in [-0.39, 0.29) is 0 Å². The van der Waals surface area contributed by atoms with E-state index in [1.807, 2.05) is 0 Å². The molecule has 0 N–H and O–H groups in total. The van der Waals surface area contributed by atoms with Crippen LogP contribution in [-0.2, 0) is 4.79 Å². The summed E-state index contributed by atoms with van der Waals surface area (Å²) in [5, 5.41) is 0. The fraction of sp³-hybridized carbons (Fsp3) is 0.929. The lowest BCUT2D eigenvalue weighted by Gasteiger charge is -2.41. The second kappa shape index (κ2) is 5.14. The van der Waals surface area contributed by atoms with E-state index in [2.05, 4.69) is 34.6 Å². The van der Waals surface area contributed by atoms with Crippen molar-refractivity contribution in [2.75, 3.05) is 0 Å². The van der Waals surface area contributed by atoms with Gasteiger partial charge < -0.3 is 0 Å². The van der Waals surface area contributed by atoms with Gasteiger partial charge in [-0.15, -0.1) is 0 Å². The molecule has 1 saturated carbocycles. The van der Waals surface area contributed by atoms with Gasteiger partial charge in [-0.25, -0.2) is 0 Å². The molecule has 0 aromatic carbocycles. The summed E-state index contributed by atoms with van der Waals surface area (Å²) in [6.07, 6.45) is 3.23. The Morgan fingerprint density at radius 2 is 1.87 bits per heavy atom. The summed E-state index contributed by atoms with van der Waals surface area (Å²) in [5.41, 5.74) is 0. The van der Waals surface area contributed by atoms with Crippen LogP contribution in [0.2, 0.25) is 0 Å². The summed E-state index contributed by atoms with van der Waals surface area (Å²) in [6, 6.07) is 0. The lowest BCUT2D eigenvalue weighted by Crippen LogP contribution is -2.41. The standard InChI is InChI=1S/C14H26O/c1-6-11-8-13(15)14(9(3)4)10(5)12(11)7-2/h9-12,14H,6-8H2,1-5H3. The van der Waals surface area contributed by atoms with Crippen molar-refractivity contribution in [3.63, 3.8) is 0 Å². The first-order valence-electron chi connectivity index (χ1n) is 6.55. The SMILES string of the molecule is CCC1CC(=O)C(C(C)C)C(C)C1CC. The molecular weight excluding hydrogens is 184 g/mol. The summed E-state index contributed by atoms with van der Waals surface area (Å²) in [6.45, 7) is 11.2. The molecule has 1 heteroatoms. The quantitative estimate of drug-likeness (QED) is 0.690. The minimum atomic E-state index is 0.317. The number of rotatable bonds is 3. The predicted octanol–water partition coefficient (Wildman–Crippen LogP) is 3.92. The molecule has 0 spiro atoms. The minimum absolute atomic E-state index is 0.317. The zero-order valence-electron chi connectivity index (χ0n) is 10.9. The molecule has 1 nitrogen and oxygen atoms in total. The van der Waals surface area contributed by atoms with Crippen molar-refractivity contribution in [2.45, 2.75) is 53.9 Å². The van der Waals surface area contributed by atoms with Crippen LogP contribution in [0.3, 0.4) is 0 Å². The number of hydrogen-bond acceptors (Lipinski definition) is 1. The van der Waals surface area contributed by atoms with E-state index in [9.17, 15) is 4.79 Å². The average Bonchev–Trinajstić information content (AvgIpc) is 2.16. The molecule has 4 atom stereocenters. The van der Waals surface area contributed by atoms with Crippen molar-refractivity contribution >= 4 is 5.78 Å². The number of hydrogen-bond donors (Lipinski definition) is 0. The molecular formula is C14H26O. The monoisotopic (exact) mass is 210 g/mol. The predicted molar refractivity (Wildman–Crippen MR) is 64.7 cm³/mol. The van der Waals surface area contributed by atoms with Crippen LogP contribution in [0.25, 0.3) is 0 Å². The Labute approximate surface area is 94.6 Å². The van der Waals surface area contributed by atoms with Gasteiger partial charge in [0.1, 0.15) is 5.78 Å². The van der Waals surface area contributed by atoms with E-state index < -0.39 is 0 Å². The molecule has 1 rings (SSSR count). The van der Waals surface area contributed by atoms with Crippen LogP contribution >= 0.6 is 0 Å². The molecule has 0 radical (unpaired) electrons. The molecule has 0 aromatic heterocycles. The van der Waals surface area contributed by atoms with Crippen LogP contribution in [0.1, 0.15) is 53.9 Å². The van der Waals surface area contributed by atoms with Gasteiger partial charge in [-0.2, -0.15) is 0 Å². The van der Waals surface area contributed by atoms with Crippen molar-refractivity contribution < 1.29 is 4.79 Å². The zero-order valence-corrected chi connectivity index (χ0v) is 10.9. The van der Waals surface area contributed by atoms with Gasteiger partial charge in [-0.1, -0.05) is 47.5 Å². The van der Waals surface area contributed by atoms with Gasteiger partial charge in [0, 0.05) is 12.3 Å². The Morgan fingerprint density at radius 3 is 2.27 bits per heavy atom. The maximum absolute atomic E-state index is 12.1. The lowest BCUT2D eigenvalue weighted by molar-refractivity contribution is -0.132. The Kier molecular flexibility index (Phi) is 4.36. The van der Waals surface area contributed by atoms with Gasteiger partial charge in [0.2, 0.25) is 0 Å². The third-order valence-electron chi connectivity index (χ3n) is 4.40. The highest BCUT2D eigenvalue weighted by Crippen LogP contribution is 2.42. The van der Waals surface area contributed by atoms with E-state index in [1.165, 1.54) is 12.8 Å². The van der Waals surface area contributed by atoms with Gasteiger partial charge in [0.15, 0.2) is 0 Å². The minimum Gasteiger partial charge on any atom is -0.299 e. The van der Waals surface area contributed by atoms with Crippen molar-refractivity contribution in [3.05, 3.63) is 0 Å². The molecule has 1 aliphatic rings. The van der Waals surface area contributed by atoms with Crippen molar-refractivity contribution in [1.29, 1.82) is 0 Å². The van der Waals surface area contributed by atoms with Crippen LogP contribution in [0.4, 0.5) is 0 Å². The molecule has 1 fully saturated rings. The lowest BCUT2D eigenvalue weighted by atomic mass is 9.62. The Bertz CT molecular complexity index is 219. The molecule has 1 aliphatic carbocycles. The normalized spacial score (nSPS) is 37.3. The van der Waals surface area contributed by atoms with Crippen LogP contribution in [-0.4, -0.2) is 5.78 Å². The second-order valence-corrected chi connectivity index (χ2v) is 5.54. The van der Waals surface area contributed by atoms with E-state index >= 15 is 0 Å². The molecule has 0 aromatic rings. The van der Waals surface area contributed by atoms with Crippen LogP contribution in [0, 0.1) is 29.6 Å². The summed E-state index contributed by atoms with van der Waals surface area (Å²) in [7, 11) is 0. The third-order valence-corrected chi connectivity index (χ3v) is 4.40. The molecule has 0 bridgehead atoms. The summed E-state index contributed by atoms with van der Waals surface area (Å²) in [5.74, 6) is 3.35. The maximum atomic E-state index is 12.1. The summed E-state index contributed by atoms with van der Waals surface area (Å²) in [4.78, 5) is 12.1. The Balaban J connectivity index is 2.84. The van der Waals surface area contributed by atoms with Gasteiger partial charge in [-0.3, -0.25) is 4.79 Å². The van der Waals surface area contributed by atoms with Gasteiger partial charge in [0.25, 0.3) is 0 Å². The molecule has 88 valence electrons. The topological polar surface area (TPSA) is 17.1 Å². The molecule has 4 unspecified atom stereocenters. The second-order valence-electron chi connectivity index (χ2n) is 5.54. The van der Waals surface area contributed by atoms with Crippen molar-refractivity contribution in [1.82, 2.24) is 0 Å². The number of ketones is 1. The van der Waals surface area contributed by atoms with Gasteiger partial charge >= 0.3 is 0 Å². The van der Waals surface area contributed by atoms with Gasteiger partial charge in [-0.05, 0) is 23.7 Å². The van der Waals surface area contributed by atoms with Crippen LogP contribution in [0.5, 0.6) is 0 Å². The molecule has 0 heterocycles. The molecule has 0 amide bonds.